The number of carbonyl (C=O) groups excluding carboxylic acids is 1. The average Bonchev–Trinajstić information content (AvgIpc) is 2.93. The molecule has 0 bridgehead atoms. The molecule has 1 saturated carbocycles. The van der Waals surface area contributed by atoms with Gasteiger partial charge in [-0.1, -0.05) is 12.8 Å². The highest BCUT2D eigenvalue weighted by Gasteiger charge is 2.38. The fourth-order valence-electron chi connectivity index (χ4n) is 2.85. The van der Waals surface area contributed by atoms with Gasteiger partial charge in [0.15, 0.2) is 0 Å². The van der Waals surface area contributed by atoms with Crippen LogP contribution in [0.2, 0.25) is 0 Å². The molecule has 0 saturated heterocycles. The molecule has 0 heterocycles. The number of alkyl halides is 3. The van der Waals surface area contributed by atoms with Crippen LogP contribution in [-0.4, -0.2) is 23.0 Å². The molecule has 0 unspecified atom stereocenters. The van der Waals surface area contributed by atoms with Crippen molar-refractivity contribution < 1.29 is 27.6 Å². The van der Waals surface area contributed by atoms with E-state index >= 15 is 0 Å². The Balaban J connectivity index is 2.32. The van der Waals surface area contributed by atoms with E-state index < -0.39 is 33.9 Å². The van der Waals surface area contributed by atoms with E-state index in [-0.39, 0.29) is 12.3 Å². The molecule has 1 aliphatic carbocycles. The van der Waals surface area contributed by atoms with Crippen LogP contribution in [0.25, 0.3) is 0 Å². The Kier molecular flexibility index (Phi) is 5.00. The first-order valence-corrected chi connectivity index (χ1v) is 7.40. The number of nitrogens with zero attached hydrogens (tertiary/aromatic N) is 1. The van der Waals surface area contributed by atoms with Crippen molar-refractivity contribution in [3.8, 4) is 0 Å². The van der Waals surface area contributed by atoms with E-state index in [1.54, 1.807) is 0 Å². The van der Waals surface area contributed by atoms with E-state index in [9.17, 15) is 28.1 Å². The molecule has 1 N–H and O–H groups in total. The van der Waals surface area contributed by atoms with Crippen molar-refractivity contribution in [2.75, 3.05) is 11.9 Å². The van der Waals surface area contributed by atoms with Crippen molar-refractivity contribution in [2.24, 2.45) is 0 Å². The first kappa shape index (κ1) is 18.0. The molecule has 2 rings (SSSR count). The Labute approximate surface area is 136 Å². The van der Waals surface area contributed by atoms with Crippen molar-refractivity contribution in [1.82, 2.24) is 0 Å². The van der Waals surface area contributed by atoms with Gasteiger partial charge >= 0.3 is 12.1 Å². The third kappa shape index (κ3) is 4.15. The highest BCUT2D eigenvalue weighted by molar-refractivity contribution is 5.67. The number of hydrogen-bond acceptors (Lipinski definition) is 5. The van der Waals surface area contributed by atoms with Gasteiger partial charge in [-0.3, -0.25) is 14.9 Å². The quantitative estimate of drug-likeness (QED) is 0.497. The standard InChI is InChI=1S/C15H17F3N2O4/c1-10(21)24-9-14(6-2-3-7-14)19-12-5-4-11(15(16,17)18)8-13(12)20(22)23/h4-5,8,19H,2-3,6-7,9H2,1H3. The number of rotatable bonds is 5. The molecule has 132 valence electrons. The van der Waals surface area contributed by atoms with Crippen LogP contribution in [0.5, 0.6) is 0 Å². The third-order valence-electron chi connectivity index (χ3n) is 4.03. The summed E-state index contributed by atoms with van der Waals surface area (Å²) in [6.45, 7) is 1.27. The monoisotopic (exact) mass is 346 g/mol. The molecular formula is C15H17F3N2O4. The summed E-state index contributed by atoms with van der Waals surface area (Å²) >= 11 is 0. The summed E-state index contributed by atoms with van der Waals surface area (Å²) in [5, 5.41) is 14.1. The van der Waals surface area contributed by atoms with Crippen LogP contribution in [0.3, 0.4) is 0 Å². The largest absolute Gasteiger partial charge is 0.463 e. The van der Waals surface area contributed by atoms with Crippen molar-refractivity contribution in [3.05, 3.63) is 33.9 Å². The molecule has 0 aliphatic heterocycles. The van der Waals surface area contributed by atoms with Crippen LogP contribution in [0.1, 0.15) is 38.2 Å². The number of hydrogen-bond donors (Lipinski definition) is 1. The van der Waals surface area contributed by atoms with Crippen LogP contribution < -0.4 is 5.32 Å². The zero-order chi connectivity index (χ0) is 18.0. The number of nitrogens with one attached hydrogen (secondary N) is 1. The average molecular weight is 346 g/mol. The second-order valence-corrected chi connectivity index (χ2v) is 5.88. The van der Waals surface area contributed by atoms with Gasteiger partial charge in [0, 0.05) is 13.0 Å². The number of nitro benzene ring substituents is 1. The molecule has 0 aromatic heterocycles. The van der Waals surface area contributed by atoms with Crippen molar-refractivity contribution in [3.63, 3.8) is 0 Å². The normalized spacial score (nSPS) is 16.7. The molecule has 24 heavy (non-hydrogen) atoms. The fourth-order valence-corrected chi connectivity index (χ4v) is 2.85. The van der Waals surface area contributed by atoms with Crippen LogP contribution in [0.4, 0.5) is 24.5 Å². The molecule has 6 nitrogen and oxygen atoms in total. The minimum absolute atomic E-state index is 0.0120. The van der Waals surface area contributed by atoms with Gasteiger partial charge in [0.25, 0.3) is 5.69 Å². The number of anilines is 1. The van der Waals surface area contributed by atoms with Crippen LogP contribution in [0.15, 0.2) is 18.2 Å². The smallest absolute Gasteiger partial charge is 0.416 e. The van der Waals surface area contributed by atoms with Crippen molar-refractivity contribution in [1.29, 1.82) is 0 Å². The molecule has 0 spiro atoms. The minimum atomic E-state index is -4.66. The highest BCUT2D eigenvalue weighted by atomic mass is 19.4. The molecule has 1 aliphatic rings. The first-order valence-electron chi connectivity index (χ1n) is 7.40. The molecular weight excluding hydrogens is 329 g/mol. The molecule has 0 atom stereocenters. The van der Waals surface area contributed by atoms with Gasteiger partial charge in [0.05, 0.1) is 16.0 Å². The summed E-state index contributed by atoms with van der Waals surface area (Å²) in [6.07, 6.45) is -1.77. The second-order valence-electron chi connectivity index (χ2n) is 5.88. The van der Waals surface area contributed by atoms with E-state index in [1.807, 2.05) is 0 Å². The van der Waals surface area contributed by atoms with E-state index in [0.29, 0.717) is 18.9 Å². The predicted molar refractivity (Wildman–Crippen MR) is 79.6 cm³/mol. The SMILES string of the molecule is CC(=O)OCC1(Nc2ccc(C(F)(F)F)cc2[N+](=O)[O-])CCCC1. The zero-order valence-corrected chi connectivity index (χ0v) is 13.0. The molecule has 1 fully saturated rings. The van der Waals surface area contributed by atoms with Gasteiger partial charge in [0.1, 0.15) is 12.3 Å². The Bertz CT molecular complexity index is 640. The lowest BCUT2D eigenvalue weighted by atomic mass is 9.97. The number of halogens is 3. The molecule has 9 heteroatoms. The Hall–Kier alpha value is -2.32. The molecule has 1 aromatic rings. The van der Waals surface area contributed by atoms with Gasteiger partial charge in [-0.05, 0) is 25.0 Å². The van der Waals surface area contributed by atoms with Gasteiger partial charge in [-0.25, -0.2) is 0 Å². The summed E-state index contributed by atoms with van der Waals surface area (Å²) in [6, 6.07) is 2.36. The van der Waals surface area contributed by atoms with Gasteiger partial charge in [-0.2, -0.15) is 13.2 Å². The maximum absolute atomic E-state index is 12.8. The molecule has 1 aromatic carbocycles. The van der Waals surface area contributed by atoms with Crippen LogP contribution in [-0.2, 0) is 15.7 Å². The summed E-state index contributed by atoms with van der Waals surface area (Å²) in [5.74, 6) is -0.481. The summed E-state index contributed by atoms with van der Waals surface area (Å²) in [4.78, 5) is 21.3. The van der Waals surface area contributed by atoms with Crippen LogP contribution >= 0.6 is 0 Å². The lowest BCUT2D eigenvalue weighted by molar-refractivity contribution is -0.384. The Morgan fingerprint density at radius 1 is 1.38 bits per heavy atom. The van der Waals surface area contributed by atoms with Crippen molar-refractivity contribution in [2.45, 2.75) is 44.3 Å². The van der Waals surface area contributed by atoms with E-state index in [2.05, 4.69) is 5.32 Å². The third-order valence-corrected chi connectivity index (χ3v) is 4.03. The lowest BCUT2D eigenvalue weighted by Crippen LogP contribution is -2.41. The Morgan fingerprint density at radius 2 is 2.00 bits per heavy atom. The van der Waals surface area contributed by atoms with Gasteiger partial charge in [-0.15, -0.1) is 0 Å². The maximum Gasteiger partial charge on any atom is 0.416 e. The van der Waals surface area contributed by atoms with E-state index in [4.69, 9.17) is 4.74 Å². The number of esters is 1. The van der Waals surface area contributed by atoms with E-state index in [0.717, 1.165) is 25.0 Å². The number of carbonyl (C=O) groups is 1. The second kappa shape index (κ2) is 6.66. The fraction of sp³-hybridized carbons (Fsp3) is 0.533. The highest BCUT2D eigenvalue weighted by Crippen LogP contribution is 2.39. The number of benzene rings is 1. The minimum Gasteiger partial charge on any atom is -0.463 e. The number of ether oxygens (including phenoxy) is 1. The summed E-state index contributed by atoms with van der Waals surface area (Å²) in [7, 11) is 0. The molecule has 0 amide bonds. The number of nitro groups is 1. The van der Waals surface area contributed by atoms with E-state index in [1.165, 1.54) is 6.92 Å². The molecule has 0 radical (unpaired) electrons. The summed E-state index contributed by atoms with van der Waals surface area (Å²) < 4.78 is 43.3. The maximum atomic E-state index is 12.8. The lowest BCUT2D eigenvalue weighted by Gasteiger charge is -2.30. The van der Waals surface area contributed by atoms with Gasteiger partial charge < -0.3 is 10.1 Å². The zero-order valence-electron chi connectivity index (χ0n) is 13.0. The topological polar surface area (TPSA) is 81.5 Å². The van der Waals surface area contributed by atoms with Gasteiger partial charge in [0.2, 0.25) is 0 Å². The Morgan fingerprint density at radius 3 is 2.50 bits per heavy atom. The van der Waals surface area contributed by atoms with Crippen molar-refractivity contribution >= 4 is 17.3 Å². The first-order chi connectivity index (χ1) is 11.1. The predicted octanol–water partition coefficient (Wildman–Crippen LogP) is 3.90. The summed E-state index contributed by atoms with van der Waals surface area (Å²) in [5.41, 5.74) is -2.45. The van der Waals surface area contributed by atoms with Crippen LogP contribution in [0, 0.1) is 10.1 Å².